The number of rotatable bonds is 4. The number of hydrogen-bond donors (Lipinski definition) is 1. The van der Waals surface area contributed by atoms with E-state index in [1.807, 2.05) is 0 Å². The molecule has 2 aromatic heterocycles. The molecular weight excluding hydrogens is 397 g/mol. The van der Waals surface area contributed by atoms with Crippen LogP contribution in [0.3, 0.4) is 0 Å². The van der Waals surface area contributed by atoms with Gasteiger partial charge in [-0.25, -0.2) is 9.37 Å². The van der Waals surface area contributed by atoms with E-state index in [4.69, 9.17) is 4.74 Å². The van der Waals surface area contributed by atoms with Crippen molar-refractivity contribution in [2.45, 2.75) is 0 Å². The van der Waals surface area contributed by atoms with Crippen LogP contribution in [0.5, 0.6) is 5.75 Å². The Labute approximate surface area is 149 Å². The molecule has 0 unspecified atom stereocenters. The van der Waals surface area contributed by atoms with Gasteiger partial charge in [-0.2, -0.15) is 0 Å². The quantitative estimate of drug-likeness (QED) is 0.697. The van der Waals surface area contributed by atoms with E-state index < -0.39 is 5.82 Å². The minimum atomic E-state index is -0.464. The fraction of sp³-hybridized carbons (Fsp3) is 0.0625. The molecular formula is C16H11BrFN3O2S. The minimum absolute atomic E-state index is 0.171. The molecule has 0 fully saturated rings. The number of ether oxygens (including phenoxy) is 1. The summed E-state index contributed by atoms with van der Waals surface area (Å²) in [5.41, 5.74) is 1.59. The van der Waals surface area contributed by atoms with E-state index >= 15 is 0 Å². The summed E-state index contributed by atoms with van der Waals surface area (Å²) in [5, 5.41) is 4.87. The van der Waals surface area contributed by atoms with Gasteiger partial charge in [0.05, 0.1) is 18.4 Å². The Morgan fingerprint density at radius 1 is 1.33 bits per heavy atom. The van der Waals surface area contributed by atoms with Crippen LogP contribution >= 0.6 is 27.3 Å². The zero-order valence-electron chi connectivity index (χ0n) is 12.4. The van der Waals surface area contributed by atoms with Gasteiger partial charge >= 0.3 is 0 Å². The Hall–Kier alpha value is -2.32. The van der Waals surface area contributed by atoms with Crippen molar-refractivity contribution in [3.8, 4) is 17.0 Å². The normalized spacial score (nSPS) is 10.5. The summed E-state index contributed by atoms with van der Waals surface area (Å²) in [7, 11) is 1.41. The average Bonchev–Trinajstić information content (AvgIpc) is 3.03. The molecule has 0 bridgehead atoms. The van der Waals surface area contributed by atoms with Crippen LogP contribution in [-0.4, -0.2) is 23.0 Å². The lowest BCUT2D eigenvalue weighted by molar-refractivity contribution is 0.102. The number of anilines is 1. The minimum Gasteiger partial charge on any atom is -0.494 e. The van der Waals surface area contributed by atoms with Crippen molar-refractivity contribution >= 4 is 38.3 Å². The number of methoxy groups -OCH3 is 1. The number of thiazole rings is 1. The lowest BCUT2D eigenvalue weighted by Gasteiger charge is -2.03. The smallest absolute Gasteiger partial charge is 0.259 e. The second kappa shape index (κ2) is 7.06. The standard InChI is InChI=1S/C16H11BrFN3O2S/c1-23-14-3-2-9(5-12(14)18)13-8-24-16(20-13)21-15(22)10-4-11(17)7-19-6-10/h2-8H,1H3,(H,20,21,22). The van der Waals surface area contributed by atoms with Gasteiger partial charge < -0.3 is 4.74 Å². The molecule has 24 heavy (non-hydrogen) atoms. The first-order valence-electron chi connectivity index (χ1n) is 6.78. The average molecular weight is 408 g/mol. The number of amides is 1. The van der Waals surface area contributed by atoms with Crippen molar-refractivity contribution in [2.24, 2.45) is 0 Å². The fourth-order valence-corrected chi connectivity index (χ4v) is 3.07. The Morgan fingerprint density at radius 2 is 2.17 bits per heavy atom. The van der Waals surface area contributed by atoms with E-state index in [2.05, 4.69) is 31.2 Å². The third kappa shape index (κ3) is 3.60. The zero-order valence-corrected chi connectivity index (χ0v) is 14.8. The predicted octanol–water partition coefficient (Wildman–Crippen LogP) is 4.37. The molecule has 8 heteroatoms. The van der Waals surface area contributed by atoms with Crippen LogP contribution in [0.1, 0.15) is 10.4 Å². The third-order valence-electron chi connectivity index (χ3n) is 3.14. The van der Waals surface area contributed by atoms with Crippen LogP contribution in [0.25, 0.3) is 11.3 Å². The number of halogens is 2. The van der Waals surface area contributed by atoms with E-state index in [1.165, 1.54) is 36.8 Å². The van der Waals surface area contributed by atoms with E-state index in [-0.39, 0.29) is 11.7 Å². The maximum atomic E-state index is 13.8. The summed E-state index contributed by atoms with van der Waals surface area (Å²) in [6, 6.07) is 6.25. The Morgan fingerprint density at radius 3 is 2.88 bits per heavy atom. The van der Waals surface area contributed by atoms with Crippen molar-refractivity contribution < 1.29 is 13.9 Å². The molecule has 0 saturated heterocycles. The van der Waals surface area contributed by atoms with Gasteiger partial charge in [0, 0.05) is 27.8 Å². The highest BCUT2D eigenvalue weighted by Crippen LogP contribution is 2.28. The van der Waals surface area contributed by atoms with Gasteiger partial charge in [0.1, 0.15) is 0 Å². The second-order valence-electron chi connectivity index (χ2n) is 4.73. The van der Waals surface area contributed by atoms with Gasteiger partial charge in [-0.1, -0.05) is 0 Å². The number of carbonyl (C=O) groups excluding carboxylic acids is 1. The largest absolute Gasteiger partial charge is 0.494 e. The molecule has 5 nitrogen and oxygen atoms in total. The number of aromatic nitrogens is 2. The SMILES string of the molecule is COc1ccc(-c2csc(NC(=O)c3cncc(Br)c3)n2)cc1F. The van der Waals surface area contributed by atoms with E-state index in [9.17, 15) is 9.18 Å². The number of pyridine rings is 1. The first kappa shape index (κ1) is 16.5. The summed E-state index contributed by atoms with van der Waals surface area (Å²) in [6.07, 6.45) is 3.06. The van der Waals surface area contributed by atoms with Gasteiger partial charge in [-0.3, -0.25) is 15.1 Å². The molecule has 3 aromatic rings. The van der Waals surface area contributed by atoms with Gasteiger partial charge in [-0.05, 0) is 40.2 Å². The second-order valence-corrected chi connectivity index (χ2v) is 6.51. The highest BCUT2D eigenvalue weighted by Gasteiger charge is 2.12. The Bertz CT molecular complexity index is 901. The van der Waals surface area contributed by atoms with Crippen molar-refractivity contribution in [1.82, 2.24) is 9.97 Å². The van der Waals surface area contributed by atoms with Crippen LogP contribution in [0, 0.1) is 5.82 Å². The lowest BCUT2D eigenvalue weighted by Crippen LogP contribution is -2.11. The van der Waals surface area contributed by atoms with Crippen LogP contribution < -0.4 is 10.1 Å². The molecule has 0 aliphatic rings. The number of nitrogens with zero attached hydrogens (tertiary/aromatic N) is 2. The highest BCUT2D eigenvalue weighted by molar-refractivity contribution is 9.10. The molecule has 0 saturated carbocycles. The molecule has 0 spiro atoms. The maximum Gasteiger partial charge on any atom is 0.259 e. The molecule has 1 amide bonds. The Kier molecular flexibility index (Phi) is 4.86. The molecule has 0 aliphatic heterocycles. The van der Waals surface area contributed by atoms with Gasteiger partial charge in [0.25, 0.3) is 5.91 Å². The zero-order chi connectivity index (χ0) is 17.1. The summed E-state index contributed by atoms with van der Waals surface area (Å²) in [4.78, 5) is 20.4. The van der Waals surface area contributed by atoms with Crippen molar-refractivity contribution in [2.75, 3.05) is 12.4 Å². The first-order chi connectivity index (χ1) is 11.6. The molecule has 122 valence electrons. The molecule has 0 radical (unpaired) electrons. The fourth-order valence-electron chi connectivity index (χ4n) is 1.99. The van der Waals surface area contributed by atoms with Crippen LogP contribution in [-0.2, 0) is 0 Å². The summed E-state index contributed by atoms with van der Waals surface area (Å²) < 4.78 is 19.4. The number of carbonyl (C=O) groups is 1. The maximum absolute atomic E-state index is 13.8. The van der Waals surface area contributed by atoms with Crippen molar-refractivity contribution in [3.05, 3.63) is 57.9 Å². The highest BCUT2D eigenvalue weighted by atomic mass is 79.9. The third-order valence-corrected chi connectivity index (χ3v) is 4.33. The topological polar surface area (TPSA) is 64.1 Å². The molecule has 0 atom stereocenters. The number of hydrogen-bond acceptors (Lipinski definition) is 5. The molecule has 3 rings (SSSR count). The lowest BCUT2D eigenvalue weighted by atomic mass is 10.1. The molecule has 1 N–H and O–H groups in total. The summed E-state index contributed by atoms with van der Waals surface area (Å²) in [5.74, 6) is -0.607. The summed E-state index contributed by atoms with van der Waals surface area (Å²) >= 11 is 4.53. The van der Waals surface area contributed by atoms with Crippen molar-refractivity contribution in [3.63, 3.8) is 0 Å². The van der Waals surface area contributed by atoms with Gasteiger partial charge in [0.15, 0.2) is 16.7 Å². The number of nitrogens with one attached hydrogen (secondary N) is 1. The monoisotopic (exact) mass is 407 g/mol. The van der Waals surface area contributed by atoms with Crippen molar-refractivity contribution in [1.29, 1.82) is 0 Å². The Balaban J connectivity index is 1.78. The van der Waals surface area contributed by atoms with Crippen LogP contribution in [0.2, 0.25) is 0 Å². The van der Waals surface area contributed by atoms with Gasteiger partial charge in [0.2, 0.25) is 0 Å². The van der Waals surface area contributed by atoms with E-state index in [0.717, 1.165) is 0 Å². The van der Waals surface area contributed by atoms with E-state index in [1.54, 1.807) is 23.7 Å². The molecule has 1 aromatic carbocycles. The number of benzene rings is 1. The first-order valence-corrected chi connectivity index (χ1v) is 8.45. The van der Waals surface area contributed by atoms with Crippen LogP contribution in [0.4, 0.5) is 9.52 Å². The van der Waals surface area contributed by atoms with E-state index in [0.29, 0.717) is 26.4 Å². The predicted molar refractivity (Wildman–Crippen MR) is 94.0 cm³/mol. The summed E-state index contributed by atoms with van der Waals surface area (Å²) in [6.45, 7) is 0. The molecule has 2 heterocycles. The van der Waals surface area contributed by atoms with Crippen LogP contribution in [0.15, 0.2) is 46.5 Å². The molecule has 0 aliphatic carbocycles. The van der Waals surface area contributed by atoms with Gasteiger partial charge in [-0.15, -0.1) is 11.3 Å².